The smallest absolute Gasteiger partial charge is 0.175 e. The maximum Gasteiger partial charge on any atom is 0.175 e. The van der Waals surface area contributed by atoms with Gasteiger partial charge < -0.3 is 0 Å². The van der Waals surface area contributed by atoms with Gasteiger partial charge in [0.2, 0.25) is 0 Å². The third-order valence-corrected chi connectivity index (χ3v) is 2.76. The fourth-order valence-corrected chi connectivity index (χ4v) is 1.75. The Morgan fingerprint density at radius 2 is 2.00 bits per heavy atom. The molecule has 0 aliphatic heterocycles. The topological polar surface area (TPSA) is 46.0 Å². The van der Waals surface area contributed by atoms with Crippen LogP contribution in [0.3, 0.4) is 0 Å². The van der Waals surface area contributed by atoms with E-state index in [0.717, 1.165) is 21.4 Å². The van der Waals surface area contributed by atoms with Crippen LogP contribution < -0.4 is 0 Å². The largest absolute Gasteiger partial charge is 0.276 e. The van der Waals surface area contributed by atoms with E-state index in [0.29, 0.717) is 0 Å². The zero-order valence-electron chi connectivity index (χ0n) is 7.68. The zero-order chi connectivity index (χ0) is 10.3. The Bertz CT molecular complexity index is 565. The first-order valence-corrected chi connectivity index (χ1v) is 5.27. The van der Waals surface area contributed by atoms with Crippen molar-refractivity contribution in [3.8, 4) is 11.3 Å². The van der Waals surface area contributed by atoms with Gasteiger partial charge in [-0.15, -0.1) is 5.10 Å². The molecule has 3 aromatic rings. The summed E-state index contributed by atoms with van der Waals surface area (Å²) in [5.74, 6) is 0. The van der Waals surface area contributed by atoms with Gasteiger partial charge in [-0.05, 0) is 17.7 Å². The van der Waals surface area contributed by atoms with Crippen molar-refractivity contribution in [3.63, 3.8) is 0 Å². The number of hydrogen-bond donors (Lipinski definition) is 1. The molecule has 4 nitrogen and oxygen atoms in total. The molecule has 0 fully saturated rings. The Labute approximate surface area is 94.1 Å². The summed E-state index contributed by atoms with van der Waals surface area (Å²) in [4.78, 5) is 4.09. The van der Waals surface area contributed by atoms with Crippen molar-refractivity contribution >= 4 is 21.6 Å². The number of aromatic amines is 1. The number of rotatable bonds is 1. The fraction of sp³-hybridized carbons (Fsp3) is 0. The molecule has 0 unspecified atom stereocenters. The minimum Gasteiger partial charge on any atom is -0.276 e. The van der Waals surface area contributed by atoms with E-state index < -0.39 is 0 Å². The minimum atomic E-state index is 0.827. The highest BCUT2D eigenvalue weighted by molar-refractivity contribution is 9.10. The van der Waals surface area contributed by atoms with Crippen molar-refractivity contribution in [3.05, 3.63) is 41.1 Å². The normalized spacial score (nSPS) is 11.0. The molecule has 2 aromatic heterocycles. The molecule has 3 rings (SSSR count). The lowest BCUT2D eigenvalue weighted by Gasteiger charge is -1.96. The Balaban J connectivity index is 2.13. The predicted octanol–water partition coefficient (Wildman–Crippen LogP) is 2.49. The first-order chi connectivity index (χ1) is 7.33. The number of nitrogens with zero attached hydrogens (tertiary/aromatic N) is 3. The summed E-state index contributed by atoms with van der Waals surface area (Å²) < 4.78 is 2.72. The highest BCUT2D eigenvalue weighted by atomic mass is 79.9. The molecule has 0 bridgehead atoms. The van der Waals surface area contributed by atoms with E-state index in [2.05, 4.69) is 31.1 Å². The number of H-pyrrole nitrogens is 1. The van der Waals surface area contributed by atoms with Crippen LogP contribution in [0.2, 0.25) is 0 Å². The average Bonchev–Trinajstić information content (AvgIpc) is 2.78. The van der Waals surface area contributed by atoms with Gasteiger partial charge in [0.15, 0.2) is 5.65 Å². The van der Waals surface area contributed by atoms with Gasteiger partial charge in [0.1, 0.15) is 6.33 Å². The van der Waals surface area contributed by atoms with Crippen molar-refractivity contribution in [2.75, 3.05) is 0 Å². The quantitative estimate of drug-likeness (QED) is 0.733. The standard InChI is InChI=1S/C10H7BrN4/c11-8-3-1-7(2-4-8)9-5-10-12-6-13-15(10)14-9/h1-6,14H. The second kappa shape index (κ2) is 3.20. The molecule has 0 spiro atoms. The molecule has 5 heteroatoms. The first-order valence-electron chi connectivity index (χ1n) is 4.47. The van der Waals surface area contributed by atoms with Crippen molar-refractivity contribution in [2.45, 2.75) is 0 Å². The second-order valence-electron chi connectivity index (χ2n) is 3.21. The Hall–Kier alpha value is -1.62. The third kappa shape index (κ3) is 1.45. The second-order valence-corrected chi connectivity index (χ2v) is 4.12. The summed E-state index contributed by atoms with van der Waals surface area (Å²) in [6.45, 7) is 0. The Morgan fingerprint density at radius 3 is 2.73 bits per heavy atom. The van der Waals surface area contributed by atoms with Gasteiger partial charge in [0, 0.05) is 10.5 Å². The van der Waals surface area contributed by atoms with E-state index in [1.165, 1.54) is 6.33 Å². The van der Waals surface area contributed by atoms with Crippen LogP contribution in [0.4, 0.5) is 0 Å². The van der Waals surface area contributed by atoms with E-state index in [1.54, 1.807) is 4.63 Å². The van der Waals surface area contributed by atoms with E-state index >= 15 is 0 Å². The van der Waals surface area contributed by atoms with Crippen LogP contribution in [0.1, 0.15) is 0 Å². The van der Waals surface area contributed by atoms with Crippen LogP contribution >= 0.6 is 15.9 Å². The fourth-order valence-electron chi connectivity index (χ4n) is 1.49. The number of aromatic nitrogens is 4. The number of benzene rings is 1. The average molecular weight is 263 g/mol. The van der Waals surface area contributed by atoms with E-state index in [-0.39, 0.29) is 0 Å². The van der Waals surface area contributed by atoms with Gasteiger partial charge in [-0.1, -0.05) is 28.1 Å². The van der Waals surface area contributed by atoms with E-state index in [9.17, 15) is 0 Å². The van der Waals surface area contributed by atoms with Gasteiger partial charge in [0.25, 0.3) is 0 Å². The monoisotopic (exact) mass is 262 g/mol. The summed E-state index contributed by atoms with van der Waals surface area (Å²) >= 11 is 3.41. The van der Waals surface area contributed by atoms with Crippen LogP contribution in [0, 0.1) is 0 Å². The molecule has 1 aromatic carbocycles. The van der Waals surface area contributed by atoms with Crippen molar-refractivity contribution in [2.24, 2.45) is 0 Å². The van der Waals surface area contributed by atoms with Crippen LogP contribution in [0.25, 0.3) is 16.9 Å². The summed E-state index contributed by atoms with van der Waals surface area (Å²) in [6, 6.07) is 10.1. The molecule has 1 N–H and O–H groups in total. The first kappa shape index (κ1) is 8.67. The number of nitrogens with one attached hydrogen (secondary N) is 1. The zero-order valence-corrected chi connectivity index (χ0v) is 9.27. The van der Waals surface area contributed by atoms with E-state index in [1.807, 2.05) is 30.3 Å². The molecule has 0 saturated carbocycles. The summed E-state index contributed by atoms with van der Waals surface area (Å²) in [6.07, 6.45) is 1.52. The molecular formula is C10H7BrN4. The van der Waals surface area contributed by atoms with Crippen LogP contribution in [0.15, 0.2) is 41.1 Å². The summed E-state index contributed by atoms with van der Waals surface area (Å²) in [5, 5.41) is 7.16. The minimum absolute atomic E-state index is 0.827. The molecule has 0 saturated heterocycles. The molecule has 74 valence electrons. The van der Waals surface area contributed by atoms with Gasteiger partial charge in [-0.2, -0.15) is 4.63 Å². The Kier molecular flexibility index (Phi) is 1.85. The lowest BCUT2D eigenvalue weighted by molar-refractivity contribution is 0.825. The van der Waals surface area contributed by atoms with Crippen LogP contribution in [0.5, 0.6) is 0 Å². The van der Waals surface area contributed by atoms with Crippen LogP contribution in [-0.4, -0.2) is 19.8 Å². The lowest BCUT2D eigenvalue weighted by Crippen LogP contribution is -1.85. The number of fused-ring (bicyclic) bond motifs is 1. The lowest BCUT2D eigenvalue weighted by atomic mass is 10.2. The number of hydrogen-bond acceptors (Lipinski definition) is 2. The van der Waals surface area contributed by atoms with Crippen molar-refractivity contribution in [1.29, 1.82) is 0 Å². The predicted molar refractivity (Wildman–Crippen MR) is 60.5 cm³/mol. The molecule has 15 heavy (non-hydrogen) atoms. The molecule has 0 atom stereocenters. The maximum absolute atomic E-state index is 4.09. The maximum atomic E-state index is 4.09. The highest BCUT2D eigenvalue weighted by Crippen LogP contribution is 2.20. The van der Waals surface area contributed by atoms with Crippen LogP contribution in [-0.2, 0) is 0 Å². The summed E-state index contributed by atoms with van der Waals surface area (Å²) in [5.41, 5.74) is 2.96. The van der Waals surface area contributed by atoms with Crippen molar-refractivity contribution in [1.82, 2.24) is 19.8 Å². The van der Waals surface area contributed by atoms with Gasteiger partial charge in [-0.25, -0.2) is 4.98 Å². The number of halogens is 1. The molecule has 0 aliphatic carbocycles. The summed E-state index contributed by atoms with van der Waals surface area (Å²) in [7, 11) is 0. The molecule has 2 heterocycles. The molecule has 0 amide bonds. The SMILES string of the molecule is Brc1ccc(-c2cc3ncnn3[nH]2)cc1. The van der Waals surface area contributed by atoms with Gasteiger partial charge in [0.05, 0.1) is 5.69 Å². The molecule has 0 radical (unpaired) electrons. The molecule has 0 aliphatic rings. The molecular weight excluding hydrogens is 256 g/mol. The van der Waals surface area contributed by atoms with Crippen molar-refractivity contribution < 1.29 is 0 Å². The van der Waals surface area contributed by atoms with E-state index in [4.69, 9.17) is 0 Å². The Morgan fingerprint density at radius 1 is 1.20 bits per heavy atom. The van der Waals surface area contributed by atoms with Gasteiger partial charge >= 0.3 is 0 Å². The highest BCUT2D eigenvalue weighted by Gasteiger charge is 2.03. The van der Waals surface area contributed by atoms with Gasteiger partial charge in [-0.3, -0.25) is 5.10 Å². The third-order valence-electron chi connectivity index (χ3n) is 2.23.